The lowest BCUT2D eigenvalue weighted by Gasteiger charge is -2.17. The second-order valence-corrected chi connectivity index (χ2v) is 15.3. The molecule has 0 unspecified atom stereocenters. The van der Waals surface area contributed by atoms with E-state index in [4.69, 9.17) is 16.3 Å². The molecule has 0 atom stereocenters. The van der Waals surface area contributed by atoms with Gasteiger partial charge in [-0.2, -0.15) is 0 Å². The van der Waals surface area contributed by atoms with Crippen LogP contribution < -0.4 is 5.56 Å². The molecule has 0 aliphatic rings. The van der Waals surface area contributed by atoms with Crippen LogP contribution in [0.2, 0.25) is 30.7 Å². The predicted octanol–water partition coefficient (Wildman–Crippen LogP) is 5.34. The number of pyridine rings is 1. The molecule has 0 fully saturated rings. The van der Waals surface area contributed by atoms with E-state index in [-0.39, 0.29) is 28.4 Å². The summed E-state index contributed by atoms with van der Waals surface area (Å²) in [6.07, 6.45) is 1.78. The Balaban J connectivity index is 1.84. The van der Waals surface area contributed by atoms with Crippen LogP contribution in [0.25, 0.3) is 32.5 Å². The number of nitrogens with zero attached hydrogens (tertiary/aromatic N) is 3. The zero-order valence-electron chi connectivity index (χ0n) is 17.0. The molecule has 0 spiro atoms. The number of aromatic nitrogens is 3. The summed E-state index contributed by atoms with van der Waals surface area (Å²) in [5, 5.41) is 13.4. The molecule has 156 valence electrons. The topological polar surface area (TPSA) is 77.2 Å². The van der Waals surface area contributed by atoms with Crippen LogP contribution in [0.3, 0.4) is 0 Å². The lowest BCUT2D eigenvalue weighted by molar-refractivity contribution is 0.0856. The Hall–Kier alpha value is -2.26. The van der Waals surface area contributed by atoms with Gasteiger partial charge in [-0.25, -0.2) is 4.98 Å². The summed E-state index contributed by atoms with van der Waals surface area (Å²) < 4.78 is 8.38. The number of aromatic hydroxyl groups is 1. The minimum atomic E-state index is -1.26. The third kappa shape index (κ3) is 4.27. The first-order chi connectivity index (χ1) is 14.2. The van der Waals surface area contributed by atoms with E-state index in [0.29, 0.717) is 23.6 Å². The van der Waals surface area contributed by atoms with Crippen molar-refractivity contribution in [3.05, 3.63) is 51.2 Å². The smallest absolute Gasteiger partial charge is 0.263 e. The van der Waals surface area contributed by atoms with Gasteiger partial charge in [-0.1, -0.05) is 31.2 Å². The molecule has 3 heterocycles. The summed E-state index contributed by atoms with van der Waals surface area (Å²) in [4.78, 5) is 22.5. The van der Waals surface area contributed by atoms with Crippen LogP contribution in [-0.4, -0.2) is 34.3 Å². The van der Waals surface area contributed by atoms with Crippen LogP contribution >= 0.6 is 22.9 Å². The first-order valence-corrected chi connectivity index (χ1v) is 14.5. The maximum atomic E-state index is 13.3. The first-order valence-electron chi connectivity index (χ1n) is 9.57. The Morgan fingerprint density at radius 2 is 2.07 bits per heavy atom. The third-order valence-electron chi connectivity index (χ3n) is 4.78. The van der Waals surface area contributed by atoms with Crippen molar-refractivity contribution in [3.8, 4) is 17.3 Å². The Kier molecular flexibility index (Phi) is 5.67. The van der Waals surface area contributed by atoms with Gasteiger partial charge >= 0.3 is 0 Å². The Morgan fingerprint density at radius 1 is 1.27 bits per heavy atom. The van der Waals surface area contributed by atoms with E-state index in [2.05, 4.69) is 29.6 Å². The number of thiophene rings is 1. The van der Waals surface area contributed by atoms with Crippen LogP contribution in [0.15, 0.2) is 40.6 Å². The van der Waals surface area contributed by atoms with E-state index in [1.54, 1.807) is 17.5 Å². The fourth-order valence-electron chi connectivity index (χ4n) is 3.11. The quantitative estimate of drug-likeness (QED) is 0.311. The second-order valence-electron chi connectivity index (χ2n) is 8.37. The lowest BCUT2D eigenvalue weighted by Crippen LogP contribution is -2.27. The SMILES string of the molecule is C[Si](C)(C)CCOCn1c(-c2cc3ccsc3cn2)nc2c(Cl)cc(O)cc2c1=O. The van der Waals surface area contributed by atoms with Gasteiger partial charge in [0.1, 0.15) is 18.2 Å². The number of halogens is 1. The zero-order chi connectivity index (χ0) is 21.5. The van der Waals surface area contributed by atoms with Gasteiger partial charge in [-0.3, -0.25) is 14.3 Å². The van der Waals surface area contributed by atoms with Crippen LogP contribution in [-0.2, 0) is 11.5 Å². The monoisotopic (exact) mass is 459 g/mol. The number of fused-ring (bicyclic) bond motifs is 2. The molecule has 0 bridgehead atoms. The van der Waals surface area contributed by atoms with E-state index in [9.17, 15) is 9.90 Å². The van der Waals surface area contributed by atoms with Crippen molar-refractivity contribution >= 4 is 52.0 Å². The van der Waals surface area contributed by atoms with E-state index in [0.717, 1.165) is 16.1 Å². The molecular weight excluding hydrogens is 438 g/mol. The van der Waals surface area contributed by atoms with Crippen molar-refractivity contribution in [1.82, 2.24) is 14.5 Å². The van der Waals surface area contributed by atoms with Gasteiger partial charge in [0.2, 0.25) is 0 Å². The highest BCUT2D eigenvalue weighted by Gasteiger charge is 2.18. The van der Waals surface area contributed by atoms with E-state index < -0.39 is 8.07 Å². The Bertz CT molecular complexity index is 1300. The molecule has 6 nitrogen and oxygen atoms in total. The van der Waals surface area contributed by atoms with Crippen molar-refractivity contribution in [3.63, 3.8) is 0 Å². The van der Waals surface area contributed by atoms with Gasteiger partial charge < -0.3 is 9.84 Å². The minimum absolute atomic E-state index is 0.0538. The van der Waals surface area contributed by atoms with E-state index >= 15 is 0 Å². The number of benzene rings is 1. The highest BCUT2D eigenvalue weighted by Crippen LogP contribution is 2.29. The van der Waals surface area contributed by atoms with E-state index in [1.165, 1.54) is 16.7 Å². The van der Waals surface area contributed by atoms with Crippen LogP contribution in [0.4, 0.5) is 0 Å². The largest absolute Gasteiger partial charge is 0.508 e. The van der Waals surface area contributed by atoms with Gasteiger partial charge in [-0.05, 0) is 35.0 Å². The highest BCUT2D eigenvalue weighted by atomic mass is 35.5. The molecule has 1 N–H and O–H groups in total. The van der Waals surface area contributed by atoms with E-state index in [1.807, 2.05) is 17.5 Å². The minimum Gasteiger partial charge on any atom is -0.508 e. The molecule has 9 heteroatoms. The fourth-order valence-corrected chi connectivity index (χ4v) is 4.86. The summed E-state index contributed by atoms with van der Waals surface area (Å²) in [5.41, 5.74) is 0.575. The Morgan fingerprint density at radius 3 is 2.83 bits per heavy atom. The molecule has 4 rings (SSSR count). The van der Waals surface area contributed by atoms with Crippen LogP contribution in [0, 0.1) is 0 Å². The zero-order valence-corrected chi connectivity index (χ0v) is 19.5. The Labute approximate surface area is 183 Å². The molecule has 0 aliphatic carbocycles. The lowest BCUT2D eigenvalue weighted by atomic mass is 10.2. The standard InChI is InChI=1S/C21H22ClN3O3SSi/c1-30(2,3)7-5-28-12-25-20(17-8-13-4-6-29-18(13)11-23-17)24-19-15(21(25)27)9-14(26)10-16(19)22/h4,6,8-11,26H,5,7,12H2,1-3H3. The molecule has 4 aromatic rings. The molecule has 30 heavy (non-hydrogen) atoms. The van der Waals surface area contributed by atoms with Crippen molar-refractivity contribution in [2.45, 2.75) is 32.4 Å². The molecule has 0 saturated carbocycles. The maximum Gasteiger partial charge on any atom is 0.263 e. The summed E-state index contributed by atoms with van der Waals surface area (Å²) in [7, 11) is -1.26. The normalized spacial score (nSPS) is 12.1. The summed E-state index contributed by atoms with van der Waals surface area (Å²) in [5.74, 6) is 0.310. The number of hydrogen-bond donors (Lipinski definition) is 1. The predicted molar refractivity (Wildman–Crippen MR) is 125 cm³/mol. The van der Waals surface area contributed by atoms with Gasteiger partial charge in [0.05, 0.1) is 20.6 Å². The molecule has 0 amide bonds. The number of phenolic OH excluding ortho intramolecular Hbond substituents is 1. The molecule has 1 aromatic carbocycles. The molecular formula is C21H22ClN3O3SSi. The summed E-state index contributed by atoms with van der Waals surface area (Å²) >= 11 is 7.89. The van der Waals surface area contributed by atoms with Gasteiger partial charge in [-0.15, -0.1) is 11.3 Å². The fraction of sp³-hybridized carbons (Fsp3) is 0.286. The van der Waals surface area contributed by atoms with Crippen LogP contribution in [0.5, 0.6) is 5.75 Å². The van der Waals surface area contributed by atoms with Crippen molar-refractivity contribution in [1.29, 1.82) is 0 Å². The first kappa shape index (κ1) is 21.0. The van der Waals surface area contributed by atoms with Gasteiger partial charge in [0.25, 0.3) is 5.56 Å². The van der Waals surface area contributed by atoms with Crippen molar-refractivity contribution < 1.29 is 9.84 Å². The molecule has 3 aromatic heterocycles. The molecule has 0 saturated heterocycles. The van der Waals surface area contributed by atoms with Gasteiger partial charge in [0, 0.05) is 26.9 Å². The second kappa shape index (κ2) is 8.11. The van der Waals surface area contributed by atoms with Crippen molar-refractivity contribution in [2.75, 3.05) is 6.61 Å². The number of hydrogen-bond acceptors (Lipinski definition) is 6. The third-order valence-corrected chi connectivity index (χ3v) is 7.64. The number of rotatable bonds is 6. The number of ether oxygens (including phenoxy) is 1. The highest BCUT2D eigenvalue weighted by molar-refractivity contribution is 7.17. The summed E-state index contributed by atoms with van der Waals surface area (Å²) in [6.45, 7) is 7.44. The average Bonchev–Trinajstić information content (AvgIpc) is 3.14. The van der Waals surface area contributed by atoms with Gasteiger partial charge in [0.15, 0.2) is 5.82 Å². The average molecular weight is 460 g/mol. The molecule has 0 aliphatic heterocycles. The van der Waals surface area contributed by atoms with Crippen LogP contribution in [0.1, 0.15) is 0 Å². The molecule has 0 radical (unpaired) electrons. The van der Waals surface area contributed by atoms with Crippen molar-refractivity contribution in [2.24, 2.45) is 0 Å². The maximum absolute atomic E-state index is 13.3. The number of phenols is 1. The summed E-state index contributed by atoms with van der Waals surface area (Å²) in [6, 6.07) is 7.67.